The average molecular weight is 458 g/mol. The maximum absolute atomic E-state index is 12.9. The SMILES string of the molecule is Cn1cnc2cc(-c3ccc(N4CCOCC4)cc3)nc(NC[C@@H](O)c3ccccc3)c2c1=O. The first-order chi connectivity index (χ1) is 16.6. The number of aryl methyl sites for hydroxylation is 1. The van der Waals surface area contributed by atoms with Gasteiger partial charge < -0.3 is 24.6 Å². The molecule has 2 aromatic carbocycles. The quantitative estimate of drug-likeness (QED) is 0.460. The van der Waals surface area contributed by atoms with Crippen molar-refractivity contribution < 1.29 is 9.84 Å². The number of ether oxygens (including phenoxy) is 1. The summed E-state index contributed by atoms with van der Waals surface area (Å²) < 4.78 is 6.87. The number of hydrogen-bond donors (Lipinski definition) is 2. The minimum absolute atomic E-state index is 0.191. The number of fused-ring (bicyclic) bond motifs is 1. The molecule has 0 bridgehead atoms. The second-order valence-corrected chi connectivity index (χ2v) is 8.36. The number of nitrogens with one attached hydrogen (secondary N) is 1. The number of aliphatic hydroxyl groups is 1. The van der Waals surface area contributed by atoms with E-state index in [1.807, 2.05) is 48.5 Å². The van der Waals surface area contributed by atoms with Crippen molar-refractivity contribution in [2.75, 3.05) is 43.1 Å². The van der Waals surface area contributed by atoms with E-state index in [0.717, 1.165) is 43.1 Å². The fourth-order valence-electron chi connectivity index (χ4n) is 4.15. The molecule has 2 aromatic heterocycles. The number of rotatable bonds is 6. The van der Waals surface area contributed by atoms with Crippen LogP contribution in [0.5, 0.6) is 0 Å². The highest BCUT2D eigenvalue weighted by Gasteiger charge is 2.16. The minimum Gasteiger partial charge on any atom is -0.387 e. The van der Waals surface area contributed by atoms with E-state index in [-0.39, 0.29) is 12.1 Å². The maximum atomic E-state index is 12.9. The van der Waals surface area contributed by atoms with Gasteiger partial charge in [-0.3, -0.25) is 4.79 Å². The van der Waals surface area contributed by atoms with E-state index < -0.39 is 6.10 Å². The first kappa shape index (κ1) is 22.1. The number of nitrogens with zero attached hydrogens (tertiary/aromatic N) is 4. The van der Waals surface area contributed by atoms with Crippen LogP contribution in [-0.4, -0.2) is 52.5 Å². The van der Waals surface area contributed by atoms with Crippen molar-refractivity contribution in [2.45, 2.75) is 6.10 Å². The molecule has 0 saturated carbocycles. The Bertz CT molecular complexity index is 1330. The van der Waals surface area contributed by atoms with E-state index >= 15 is 0 Å². The normalized spacial score (nSPS) is 14.8. The van der Waals surface area contributed by atoms with Crippen LogP contribution in [0.1, 0.15) is 11.7 Å². The lowest BCUT2D eigenvalue weighted by Gasteiger charge is -2.28. The molecule has 1 saturated heterocycles. The molecular weight excluding hydrogens is 430 g/mol. The Hall–Kier alpha value is -3.75. The number of aliphatic hydroxyl groups excluding tert-OH is 1. The molecular formula is C26H27N5O3. The zero-order valence-corrected chi connectivity index (χ0v) is 19.0. The van der Waals surface area contributed by atoms with E-state index in [0.29, 0.717) is 22.4 Å². The molecule has 174 valence electrons. The molecule has 1 atom stereocenters. The average Bonchev–Trinajstić information content (AvgIpc) is 2.90. The van der Waals surface area contributed by atoms with E-state index in [1.165, 1.54) is 10.9 Å². The summed E-state index contributed by atoms with van der Waals surface area (Å²) in [7, 11) is 1.66. The molecule has 5 rings (SSSR count). The summed E-state index contributed by atoms with van der Waals surface area (Å²) in [6.07, 6.45) is 0.772. The van der Waals surface area contributed by atoms with Crippen molar-refractivity contribution in [3.05, 3.63) is 82.9 Å². The number of hydrogen-bond acceptors (Lipinski definition) is 7. The Balaban J connectivity index is 1.48. The molecule has 4 aromatic rings. The van der Waals surface area contributed by atoms with Crippen LogP contribution in [-0.2, 0) is 11.8 Å². The van der Waals surface area contributed by atoms with Gasteiger partial charge in [-0.05, 0) is 23.8 Å². The number of pyridine rings is 1. The molecule has 0 radical (unpaired) electrons. The standard InChI is InChI=1S/C26H27N5O3/c1-30-17-28-22-15-21(18-7-9-20(10-8-18)31-11-13-34-14-12-31)29-25(24(22)26(30)33)27-16-23(32)19-5-3-2-4-6-19/h2-10,15,17,23,32H,11-14,16H2,1H3,(H,27,29)/t23-/m1/s1. The number of benzene rings is 2. The highest BCUT2D eigenvalue weighted by Crippen LogP contribution is 2.27. The van der Waals surface area contributed by atoms with E-state index in [9.17, 15) is 9.90 Å². The molecule has 2 N–H and O–H groups in total. The molecule has 0 spiro atoms. The van der Waals surface area contributed by atoms with Crippen LogP contribution >= 0.6 is 0 Å². The zero-order chi connectivity index (χ0) is 23.5. The Morgan fingerprint density at radius 2 is 1.82 bits per heavy atom. The van der Waals surface area contributed by atoms with Gasteiger partial charge in [-0.25, -0.2) is 9.97 Å². The van der Waals surface area contributed by atoms with Crippen molar-refractivity contribution in [1.82, 2.24) is 14.5 Å². The molecule has 1 aliphatic heterocycles. The Morgan fingerprint density at radius 3 is 2.56 bits per heavy atom. The third-order valence-electron chi connectivity index (χ3n) is 6.09. The van der Waals surface area contributed by atoms with E-state index in [4.69, 9.17) is 9.72 Å². The lowest BCUT2D eigenvalue weighted by atomic mass is 10.1. The third kappa shape index (κ3) is 4.50. The third-order valence-corrected chi connectivity index (χ3v) is 6.09. The first-order valence-electron chi connectivity index (χ1n) is 11.4. The largest absolute Gasteiger partial charge is 0.387 e. The molecule has 3 heterocycles. The summed E-state index contributed by atoms with van der Waals surface area (Å²) in [5, 5.41) is 14.2. The van der Waals surface area contributed by atoms with Crippen LogP contribution < -0.4 is 15.8 Å². The van der Waals surface area contributed by atoms with Crippen LogP contribution in [0.4, 0.5) is 11.5 Å². The van der Waals surface area contributed by atoms with Gasteiger partial charge in [-0.15, -0.1) is 0 Å². The van der Waals surface area contributed by atoms with Gasteiger partial charge in [-0.1, -0.05) is 42.5 Å². The second-order valence-electron chi connectivity index (χ2n) is 8.36. The predicted molar refractivity (Wildman–Crippen MR) is 133 cm³/mol. The van der Waals surface area contributed by atoms with Gasteiger partial charge in [0.15, 0.2) is 0 Å². The zero-order valence-electron chi connectivity index (χ0n) is 19.0. The van der Waals surface area contributed by atoms with Crippen molar-refractivity contribution in [2.24, 2.45) is 7.05 Å². The van der Waals surface area contributed by atoms with Gasteiger partial charge in [0, 0.05) is 37.9 Å². The lowest BCUT2D eigenvalue weighted by molar-refractivity contribution is 0.122. The highest BCUT2D eigenvalue weighted by molar-refractivity contribution is 5.91. The smallest absolute Gasteiger partial charge is 0.264 e. The maximum Gasteiger partial charge on any atom is 0.264 e. The number of anilines is 2. The van der Waals surface area contributed by atoms with Crippen molar-refractivity contribution in [1.29, 1.82) is 0 Å². The van der Waals surface area contributed by atoms with Gasteiger partial charge >= 0.3 is 0 Å². The Kier molecular flexibility index (Phi) is 6.24. The number of aromatic nitrogens is 3. The van der Waals surface area contributed by atoms with Gasteiger partial charge in [0.05, 0.1) is 36.9 Å². The Morgan fingerprint density at radius 1 is 1.09 bits per heavy atom. The summed E-state index contributed by atoms with van der Waals surface area (Å²) in [4.78, 5) is 24.4. The first-order valence-corrected chi connectivity index (χ1v) is 11.4. The van der Waals surface area contributed by atoms with Crippen LogP contribution in [0.25, 0.3) is 22.2 Å². The fourth-order valence-corrected chi connectivity index (χ4v) is 4.15. The summed E-state index contributed by atoms with van der Waals surface area (Å²) in [6, 6.07) is 19.5. The van der Waals surface area contributed by atoms with Crippen LogP contribution in [0.3, 0.4) is 0 Å². The molecule has 8 heteroatoms. The molecule has 0 unspecified atom stereocenters. The molecule has 8 nitrogen and oxygen atoms in total. The van der Waals surface area contributed by atoms with Gasteiger partial charge in [0.25, 0.3) is 5.56 Å². The molecule has 0 amide bonds. The lowest BCUT2D eigenvalue weighted by Crippen LogP contribution is -2.36. The summed E-state index contributed by atoms with van der Waals surface area (Å²) in [5.41, 5.74) is 3.93. The molecule has 1 aliphatic rings. The van der Waals surface area contributed by atoms with Crippen LogP contribution in [0.2, 0.25) is 0 Å². The van der Waals surface area contributed by atoms with E-state index in [2.05, 4.69) is 27.3 Å². The summed E-state index contributed by atoms with van der Waals surface area (Å²) >= 11 is 0. The van der Waals surface area contributed by atoms with Crippen molar-refractivity contribution in [3.8, 4) is 11.3 Å². The summed E-state index contributed by atoms with van der Waals surface area (Å²) in [6.45, 7) is 3.43. The van der Waals surface area contributed by atoms with Crippen LogP contribution in [0.15, 0.2) is 71.8 Å². The molecule has 1 fully saturated rings. The van der Waals surface area contributed by atoms with Crippen molar-refractivity contribution >= 4 is 22.4 Å². The van der Waals surface area contributed by atoms with Gasteiger partial charge in [-0.2, -0.15) is 0 Å². The molecule has 0 aliphatic carbocycles. The monoisotopic (exact) mass is 457 g/mol. The summed E-state index contributed by atoms with van der Waals surface area (Å²) in [5.74, 6) is 0.411. The highest BCUT2D eigenvalue weighted by atomic mass is 16.5. The van der Waals surface area contributed by atoms with Gasteiger partial charge in [0.1, 0.15) is 11.2 Å². The van der Waals surface area contributed by atoms with Crippen LogP contribution in [0, 0.1) is 0 Å². The molecule has 34 heavy (non-hydrogen) atoms. The second kappa shape index (κ2) is 9.62. The van der Waals surface area contributed by atoms with E-state index in [1.54, 1.807) is 7.05 Å². The predicted octanol–water partition coefficient (Wildman–Crippen LogP) is 2.98. The topological polar surface area (TPSA) is 92.5 Å². The van der Waals surface area contributed by atoms with Crippen molar-refractivity contribution in [3.63, 3.8) is 0 Å². The minimum atomic E-state index is -0.741. The number of morpholine rings is 1. The van der Waals surface area contributed by atoms with Gasteiger partial charge in [0.2, 0.25) is 0 Å². The fraction of sp³-hybridized carbons (Fsp3) is 0.269. The Labute approximate surface area is 197 Å².